The van der Waals surface area contributed by atoms with Crippen LogP contribution in [-0.4, -0.2) is 0 Å². The molecule has 0 spiro atoms. The zero-order chi connectivity index (χ0) is 35.5. The predicted molar refractivity (Wildman–Crippen MR) is 167 cm³/mol. The van der Waals surface area contributed by atoms with Gasteiger partial charge >= 0.3 is 6.11 Å². The molecule has 0 unspecified atom stereocenters. The summed E-state index contributed by atoms with van der Waals surface area (Å²) >= 11 is 0. The fourth-order valence-electron chi connectivity index (χ4n) is 6.30. The Morgan fingerprint density at radius 1 is 0.673 bits per heavy atom. The van der Waals surface area contributed by atoms with Crippen molar-refractivity contribution in [1.29, 1.82) is 0 Å². The minimum absolute atomic E-state index is 0.0320. The number of hydrogen-bond donors (Lipinski definition) is 0. The van der Waals surface area contributed by atoms with Crippen LogP contribution in [0.15, 0.2) is 66.7 Å². The maximum Gasteiger partial charge on any atom is 0.432 e. The molecule has 0 saturated heterocycles. The molecule has 1 aliphatic carbocycles. The van der Waals surface area contributed by atoms with Gasteiger partial charge in [-0.1, -0.05) is 69.0 Å². The van der Waals surface area contributed by atoms with Crippen LogP contribution in [0.5, 0.6) is 5.75 Å². The van der Waals surface area contributed by atoms with E-state index in [1.54, 1.807) is 6.07 Å². The van der Waals surface area contributed by atoms with Crippen LogP contribution in [0.4, 0.5) is 43.9 Å². The first-order chi connectivity index (χ1) is 23.3. The van der Waals surface area contributed by atoms with Crippen LogP contribution in [0.25, 0.3) is 22.8 Å². The molecule has 4 aromatic carbocycles. The molecule has 0 atom stereocenters. The molecule has 49 heavy (non-hydrogen) atoms. The van der Waals surface area contributed by atoms with Gasteiger partial charge in [0.2, 0.25) is 0 Å². The van der Waals surface area contributed by atoms with Crippen LogP contribution >= 0.6 is 0 Å². The molecule has 0 bridgehead atoms. The van der Waals surface area contributed by atoms with E-state index in [-0.39, 0.29) is 41.3 Å². The van der Waals surface area contributed by atoms with Crippen molar-refractivity contribution in [2.75, 3.05) is 0 Å². The lowest BCUT2D eigenvalue weighted by atomic mass is 9.77. The molecule has 5 rings (SSSR count). The Hall–Kier alpha value is -4.28. The van der Waals surface area contributed by atoms with Crippen molar-refractivity contribution in [1.82, 2.24) is 0 Å². The van der Waals surface area contributed by atoms with Crippen molar-refractivity contribution in [2.24, 2.45) is 5.92 Å². The van der Waals surface area contributed by atoms with Gasteiger partial charge in [-0.25, -0.2) is 35.1 Å². The van der Waals surface area contributed by atoms with Gasteiger partial charge in [-0.15, -0.1) is 0 Å². The van der Waals surface area contributed by atoms with Gasteiger partial charge in [0.15, 0.2) is 29.1 Å². The average molecular weight is 695 g/mol. The normalized spacial score (nSPS) is 17.2. The Balaban J connectivity index is 1.30. The van der Waals surface area contributed by atoms with Crippen LogP contribution < -0.4 is 4.74 Å². The van der Waals surface area contributed by atoms with Crippen molar-refractivity contribution in [2.45, 2.75) is 70.3 Å². The molecule has 0 aliphatic heterocycles. The topological polar surface area (TPSA) is 9.23 Å². The number of ether oxygens (including phenoxy) is 1. The van der Waals surface area contributed by atoms with Crippen molar-refractivity contribution >= 4 is 11.7 Å². The van der Waals surface area contributed by atoms with Gasteiger partial charge < -0.3 is 4.74 Å². The summed E-state index contributed by atoms with van der Waals surface area (Å²) in [6.07, 6.45) is 4.19. The average Bonchev–Trinajstić information content (AvgIpc) is 3.06. The van der Waals surface area contributed by atoms with E-state index in [0.29, 0.717) is 11.5 Å². The van der Waals surface area contributed by atoms with Crippen LogP contribution in [-0.2, 0) is 6.11 Å². The Morgan fingerprint density at radius 3 is 1.84 bits per heavy atom. The fraction of sp³-hybridized carbons (Fsp3) is 0.316. The first kappa shape index (κ1) is 36.0. The molecule has 1 aliphatic rings. The number of unbranched alkanes of at least 4 members (excludes halogenated alkanes) is 2. The quantitative estimate of drug-likeness (QED) is 0.0657. The predicted octanol–water partition coefficient (Wildman–Crippen LogP) is 12.9. The first-order valence-electron chi connectivity index (χ1n) is 16.0. The second-order valence-electron chi connectivity index (χ2n) is 12.3. The third-order valence-corrected chi connectivity index (χ3v) is 8.96. The lowest BCUT2D eigenvalue weighted by molar-refractivity contribution is -0.189. The van der Waals surface area contributed by atoms with E-state index < -0.39 is 69.5 Å². The summed E-state index contributed by atoms with van der Waals surface area (Å²) < 4.78 is 148. The number of benzene rings is 4. The zero-order valence-corrected chi connectivity index (χ0v) is 26.4. The highest BCUT2D eigenvalue weighted by Crippen LogP contribution is 2.41. The second-order valence-corrected chi connectivity index (χ2v) is 12.3. The van der Waals surface area contributed by atoms with Gasteiger partial charge in [-0.2, -0.15) is 8.78 Å². The monoisotopic (exact) mass is 694 g/mol. The fourth-order valence-corrected chi connectivity index (χ4v) is 6.30. The third kappa shape index (κ3) is 8.13. The molecule has 0 aromatic heterocycles. The van der Waals surface area contributed by atoms with E-state index in [0.717, 1.165) is 43.4 Å². The Bertz CT molecular complexity index is 1780. The Labute approximate surface area is 277 Å². The molecule has 1 nitrogen and oxygen atoms in total. The molecule has 11 heteroatoms. The summed E-state index contributed by atoms with van der Waals surface area (Å²) in [6.45, 7) is 2.18. The van der Waals surface area contributed by atoms with Crippen LogP contribution in [0.3, 0.4) is 0 Å². The van der Waals surface area contributed by atoms with E-state index in [1.807, 2.05) is 6.07 Å². The van der Waals surface area contributed by atoms with Crippen molar-refractivity contribution in [3.05, 3.63) is 124 Å². The van der Waals surface area contributed by atoms with Crippen molar-refractivity contribution in [3.8, 4) is 16.9 Å². The van der Waals surface area contributed by atoms with Crippen LogP contribution in [0.2, 0.25) is 0 Å². The largest absolute Gasteiger partial charge is 0.432 e. The van der Waals surface area contributed by atoms with E-state index in [1.165, 1.54) is 43.9 Å². The number of alkyl halides is 2. The zero-order valence-electron chi connectivity index (χ0n) is 26.4. The molecule has 0 radical (unpaired) electrons. The molecule has 1 fully saturated rings. The highest BCUT2D eigenvalue weighted by molar-refractivity contribution is 5.84. The van der Waals surface area contributed by atoms with Gasteiger partial charge in [-0.3, -0.25) is 0 Å². The summed E-state index contributed by atoms with van der Waals surface area (Å²) in [7, 11) is 0. The maximum atomic E-state index is 15.2. The molecular formula is C38H32F10O. The summed E-state index contributed by atoms with van der Waals surface area (Å²) in [6, 6.07) is 10.2. The molecule has 1 saturated carbocycles. The number of halogens is 10. The van der Waals surface area contributed by atoms with Crippen LogP contribution in [0.1, 0.15) is 86.5 Å². The van der Waals surface area contributed by atoms with Gasteiger partial charge in [0.25, 0.3) is 0 Å². The maximum absolute atomic E-state index is 15.2. The summed E-state index contributed by atoms with van der Waals surface area (Å²) in [5.41, 5.74) is -2.01. The molecule has 0 heterocycles. The highest BCUT2D eigenvalue weighted by Gasteiger charge is 2.42. The first-order valence-corrected chi connectivity index (χ1v) is 16.0. The van der Waals surface area contributed by atoms with Gasteiger partial charge in [-0.05, 0) is 66.8 Å². The number of rotatable bonds is 11. The molecule has 4 aromatic rings. The van der Waals surface area contributed by atoms with E-state index >= 15 is 13.2 Å². The summed E-state index contributed by atoms with van der Waals surface area (Å²) in [4.78, 5) is 0. The van der Waals surface area contributed by atoms with Gasteiger partial charge in [0.1, 0.15) is 28.8 Å². The lowest BCUT2D eigenvalue weighted by Crippen LogP contribution is -2.25. The molecule has 0 amide bonds. The van der Waals surface area contributed by atoms with Crippen molar-refractivity contribution in [3.63, 3.8) is 0 Å². The van der Waals surface area contributed by atoms with Crippen molar-refractivity contribution < 1.29 is 48.6 Å². The van der Waals surface area contributed by atoms with E-state index in [2.05, 4.69) is 11.7 Å². The summed E-state index contributed by atoms with van der Waals surface area (Å²) in [5, 5.41) is 0. The molecule has 0 N–H and O–H groups in total. The van der Waals surface area contributed by atoms with Gasteiger partial charge in [0.05, 0.1) is 0 Å². The number of hydrogen-bond acceptors (Lipinski definition) is 1. The summed E-state index contributed by atoms with van der Waals surface area (Å²) in [5.74, 6) is -14.1. The molecule has 260 valence electrons. The minimum atomic E-state index is -4.90. The Morgan fingerprint density at radius 2 is 1.27 bits per heavy atom. The standard InChI is InChI=1S/C38H32F10O/c1-2-3-4-5-21-6-8-22(9-7-21)25-14-15-28(29(39)16-25)23-10-12-24(13-11-23)35(44)36(45)26-17-30(40)34(31(41)18-26)38(47,48)49-27-19-32(42)37(46)33(43)20-27/h10-22H,2-9H2,1H3/b36-35+. The van der Waals surface area contributed by atoms with Gasteiger partial charge in [0, 0.05) is 28.8 Å². The SMILES string of the molecule is CCCCCC1CCC(c2ccc(-c3ccc(/C(F)=C(\F)c4cc(F)c(C(F)(F)Oc5cc(F)c(F)c(F)c5)c(F)c4)cc3)c(F)c2)CC1. The van der Waals surface area contributed by atoms with E-state index in [9.17, 15) is 30.7 Å². The second kappa shape index (κ2) is 15.1. The van der Waals surface area contributed by atoms with Crippen LogP contribution in [0, 0.1) is 40.8 Å². The minimum Gasteiger partial charge on any atom is -0.429 e. The smallest absolute Gasteiger partial charge is 0.429 e. The molecular weight excluding hydrogens is 662 g/mol. The lowest BCUT2D eigenvalue weighted by Gasteiger charge is -2.29. The highest BCUT2D eigenvalue weighted by atomic mass is 19.3. The third-order valence-electron chi connectivity index (χ3n) is 8.96. The van der Waals surface area contributed by atoms with E-state index in [4.69, 9.17) is 0 Å². The Kier molecular flexibility index (Phi) is 11.1.